The molecule has 0 aliphatic rings. The Labute approximate surface area is 160 Å². The highest BCUT2D eigenvalue weighted by Crippen LogP contribution is 2.15. The van der Waals surface area contributed by atoms with Gasteiger partial charge in [0.1, 0.15) is 28.5 Å². The van der Waals surface area contributed by atoms with Gasteiger partial charge in [-0.3, -0.25) is 24.5 Å². The molecule has 7 heteroatoms. The van der Waals surface area contributed by atoms with Crippen LogP contribution in [-0.2, 0) is 0 Å². The summed E-state index contributed by atoms with van der Waals surface area (Å²) in [6.45, 7) is 0. The van der Waals surface area contributed by atoms with E-state index in [0.717, 1.165) is 0 Å². The zero-order valence-electron chi connectivity index (χ0n) is 14.6. The maximum atomic E-state index is 12.5. The van der Waals surface area contributed by atoms with E-state index in [2.05, 4.69) is 24.9 Å². The van der Waals surface area contributed by atoms with Gasteiger partial charge in [-0.25, -0.2) is 9.97 Å². The minimum atomic E-state index is -0.321. The Morgan fingerprint density at radius 3 is 2.14 bits per heavy atom. The summed E-state index contributed by atoms with van der Waals surface area (Å²) in [5, 5.41) is 0. The standard InChI is InChI=1S/C21H13N5O2/c27-20(14-6-2-1-3-7-14)19-11-22-10-17(26-19)16-12-25-18(13-24-16)21(28)15-8-4-5-9-23-15/h1-13H. The van der Waals surface area contributed by atoms with Gasteiger partial charge in [0.05, 0.1) is 24.8 Å². The molecule has 0 spiro atoms. The number of pyridine rings is 1. The SMILES string of the molecule is O=C(c1ccccc1)c1cncc(-c2cnc(C(=O)c3ccccn3)cn2)n1. The summed E-state index contributed by atoms with van der Waals surface area (Å²) in [7, 11) is 0. The Kier molecular flexibility index (Phi) is 4.71. The van der Waals surface area contributed by atoms with Gasteiger partial charge in [0.15, 0.2) is 0 Å². The molecule has 0 saturated heterocycles. The molecule has 4 aromatic rings. The average molecular weight is 367 g/mol. The Morgan fingerprint density at radius 2 is 1.43 bits per heavy atom. The molecule has 3 aromatic heterocycles. The monoisotopic (exact) mass is 367 g/mol. The Bertz CT molecular complexity index is 1130. The van der Waals surface area contributed by atoms with Crippen LogP contribution in [0.2, 0.25) is 0 Å². The largest absolute Gasteiger partial charge is 0.287 e. The molecule has 7 nitrogen and oxygen atoms in total. The fourth-order valence-corrected chi connectivity index (χ4v) is 2.54. The number of benzene rings is 1. The van der Waals surface area contributed by atoms with Crippen molar-refractivity contribution in [1.29, 1.82) is 0 Å². The van der Waals surface area contributed by atoms with E-state index in [-0.39, 0.29) is 23.0 Å². The fourth-order valence-electron chi connectivity index (χ4n) is 2.54. The second-order valence-electron chi connectivity index (χ2n) is 5.82. The smallest absolute Gasteiger partial charge is 0.231 e. The molecule has 3 heterocycles. The summed E-state index contributed by atoms with van der Waals surface area (Å²) >= 11 is 0. The second kappa shape index (κ2) is 7.63. The third-order valence-electron chi connectivity index (χ3n) is 3.95. The van der Waals surface area contributed by atoms with Gasteiger partial charge < -0.3 is 0 Å². The van der Waals surface area contributed by atoms with Gasteiger partial charge in [-0.05, 0) is 12.1 Å². The van der Waals surface area contributed by atoms with Crippen LogP contribution in [0.4, 0.5) is 0 Å². The van der Waals surface area contributed by atoms with E-state index >= 15 is 0 Å². The summed E-state index contributed by atoms with van der Waals surface area (Å²) in [5.41, 5.74) is 2.00. The molecule has 0 unspecified atom stereocenters. The highest BCUT2D eigenvalue weighted by Gasteiger charge is 2.15. The Hall–Kier alpha value is -4.13. The summed E-state index contributed by atoms with van der Waals surface area (Å²) in [6, 6.07) is 13.9. The van der Waals surface area contributed by atoms with Crippen LogP contribution in [0, 0.1) is 0 Å². The molecule has 0 amide bonds. The van der Waals surface area contributed by atoms with Crippen molar-refractivity contribution in [1.82, 2.24) is 24.9 Å². The van der Waals surface area contributed by atoms with Gasteiger partial charge in [-0.2, -0.15) is 0 Å². The first-order valence-corrected chi connectivity index (χ1v) is 8.42. The number of rotatable bonds is 5. The van der Waals surface area contributed by atoms with Gasteiger partial charge in [-0.1, -0.05) is 36.4 Å². The number of hydrogen-bond donors (Lipinski definition) is 0. The summed E-state index contributed by atoms with van der Waals surface area (Å²) in [5.74, 6) is -0.552. The molecule has 0 aliphatic heterocycles. The summed E-state index contributed by atoms with van der Waals surface area (Å²) < 4.78 is 0. The molecule has 0 bridgehead atoms. The van der Waals surface area contributed by atoms with Crippen molar-refractivity contribution in [3.63, 3.8) is 0 Å². The predicted octanol–water partition coefficient (Wildman–Crippen LogP) is 2.79. The maximum absolute atomic E-state index is 12.5. The molecule has 1 aromatic carbocycles. The minimum Gasteiger partial charge on any atom is -0.287 e. The van der Waals surface area contributed by atoms with Gasteiger partial charge in [0.2, 0.25) is 11.6 Å². The van der Waals surface area contributed by atoms with Gasteiger partial charge in [-0.15, -0.1) is 0 Å². The predicted molar refractivity (Wildman–Crippen MR) is 101 cm³/mol. The van der Waals surface area contributed by atoms with E-state index in [1.165, 1.54) is 24.8 Å². The van der Waals surface area contributed by atoms with Crippen molar-refractivity contribution in [2.45, 2.75) is 0 Å². The van der Waals surface area contributed by atoms with Crippen LogP contribution in [0.15, 0.2) is 79.5 Å². The first-order chi connectivity index (χ1) is 13.7. The van der Waals surface area contributed by atoms with Crippen LogP contribution in [0.25, 0.3) is 11.4 Å². The van der Waals surface area contributed by atoms with Crippen molar-refractivity contribution in [3.05, 3.63) is 102 Å². The van der Waals surface area contributed by atoms with Crippen LogP contribution >= 0.6 is 0 Å². The second-order valence-corrected chi connectivity index (χ2v) is 5.82. The van der Waals surface area contributed by atoms with Gasteiger partial charge >= 0.3 is 0 Å². The molecule has 0 radical (unpaired) electrons. The van der Waals surface area contributed by atoms with E-state index in [4.69, 9.17) is 0 Å². The van der Waals surface area contributed by atoms with E-state index in [9.17, 15) is 9.59 Å². The van der Waals surface area contributed by atoms with E-state index in [1.807, 2.05) is 6.07 Å². The Balaban J connectivity index is 1.60. The van der Waals surface area contributed by atoms with Crippen LogP contribution in [0.5, 0.6) is 0 Å². The molecule has 0 fully saturated rings. The van der Waals surface area contributed by atoms with E-state index in [1.54, 1.807) is 48.7 Å². The number of hydrogen-bond acceptors (Lipinski definition) is 7. The Morgan fingerprint density at radius 1 is 0.607 bits per heavy atom. The van der Waals surface area contributed by atoms with Crippen molar-refractivity contribution >= 4 is 11.6 Å². The van der Waals surface area contributed by atoms with Gasteiger partial charge in [0, 0.05) is 11.8 Å². The number of carbonyl (C=O) groups is 2. The first kappa shape index (κ1) is 17.3. The highest BCUT2D eigenvalue weighted by atomic mass is 16.1. The zero-order chi connectivity index (χ0) is 19.3. The van der Waals surface area contributed by atoms with Crippen molar-refractivity contribution < 1.29 is 9.59 Å². The van der Waals surface area contributed by atoms with Crippen LogP contribution in [0.1, 0.15) is 32.2 Å². The fraction of sp³-hybridized carbons (Fsp3) is 0. The molecule has 0 N–H and O–H groups in total. The van der Waals surface area contributed by atoms with Crippen molar-refractivity contribution in [2.75, 3.05) is 0 Å². The molecule has 4 rings (SSSR count). The molecule has 134 valence electrons. The highest BCUT2D eigenvalue weighted by molar-refractivity contribution is 6.07. The zero-order valence-corrected chi connectivity index (χ0v) is 14.6. The van der Waals surface area contributed by atoms with Crippen LogP contribution < -0.4 is 0 Å². The lowest BCUT2D eigenvalue weighted by Crippen LogP contribution is -2.08. The molecule has 28 heavy (non-hydrogen) atoms. The topological polar surface area (TPSA) is 98.6 Å². The maximum Gasteiger partial charge on any atom is 0.231 e. The quantitative estimate of drug-likeness (QED) is 0.500. The molecular formula is C21H13N5O2. The summed E-state index contributed by atoms with van der Waals surface area (Å²) in [6.07, 6.45) is 7.23. The summed E-state index contributed by atoms with van der Waals surface area (Å²) in [4.78, 5) is 45.7. The number of carbonyl (C=O) groups excluding carboxylic acids is 2. The normalized spacial score (nSPS) is 10.4. The van der Waals surface area contributed by atoms with Crippen LogP contribution in [-0.4, -0.2) is 36.5 Å². The lowest BCUT2D eigenvalue weighted by atomic mass is 10.1. The molecule has 0 atom stereocenters. The van der Waals surface area contributed by atoms with Gasteiger partial charge in [0.25, 0.3) is 0 Å². The minimum absolute atomic E-state index is 0.173. The molecular weight excluding hydrogens is 354 g/mol. The van der Waals surface area contributed by atoms with Crippen molar-refractivity contribution in [2.24, 2.45) is 0 Å². The number of ketones is 2. The van der Waals surface area contributed by atoms with Crippen molar-refractivity contribution in [3.8, 4) is 11.4 Å². The number of aromatic nitrogens is 5. The molecule has 0 aliphatic carbocycles. The van der Waals surface area contributed by atoms with Crippen LogP contribution in [0.3, 0.4) is 0 Å². The first-order valence-electron chi connectivity index (χ1n) is 8.42. The number of nitrogens with zero attached hydrogens (tertiary/aromatic N) is 5. The lowest BCUT2D eigenvalue weighted by molar-refractivity contribution is 0.102. The molecule has 0 saturated carbocycles. The van der Waals surface area contributed by atoms with E-state index in [0.29, 0.717) is 22.6 Å². The third kappa shape index (κ3) is 3.54. The average Bonchev–Trinajstić information content (AvgIpc) is 2.79. The third-order valence-corrected chi connectivity index (χ3v) is 3.95. The lowest BCUT2D eigenvalue weighted by Gasteiger charge is -2.04. The van der Waals surface area contributed by atoms with E-state index < -0.39 is 0 Å².